The lowest BCUT2D eigenvalue weighted by molar-refractivity contribution is -0.115. The summed E-state index contributed by atoms with van der Waals surface area (Å²) in [5.41, 5.74) is 11.6. The molecule has 24 heavy (non-hydrogen) atoms. The summed E-state index contributed by atoms with van der Waals surface area (Å²) in [6.07, 6.45) is 0. The van der Waals surface area contributed by atoms with Crippen LogP contribution in [-0.4, -0.2) is 40.3 Å². The number of anilines is 3. The molecule has 0 aliphatic heterocycles. The van der Waals surface area contributed by atoms with Gasteiger partial charge < -0.3 is 26.3 Å². The Labute approximate surface area is 143 Å². The van der Waals surface area contributed by atoms with Crippen LogP contribution in [0.25, 0.3) is 0 Å². The zero-order valence-corrected chi connectivity index (χ0v) is 14.3. The average molecular weight is 350 g/mol. The first-order valence-electron chi connectivity index (χ1n) is 6.89. The third-order valence-electron chi connectivity index (χ3n) is 2.95. The lowest BCUT2D eigenvalue weighted by Gasteiger charge is -2.13. The molecule has 5 N–H and O–H groups in total. The van der Waals surface area contributed by atoms with Gasteiger partial charge in [0.15, 0.2) is 16.7 Å². The molecule has 0 saturated heterocycles. The van der Waals surface area contributed by atoms with Crippen LogP contribution in [0.2, 0.25) is 0 Å². The number of methoxy groups -OCH3 is 2. The zero-order chi connectivity index (χ0) is 17.7. The van der Waals surface area contributed by atoms with Crippen molar-refractivity contribution in [3.8, 4) is 11.5 Å². The van der Waals surface area contributed by atoms with Gasteiger partial charge in [-0.25, -0.2) is 0 Å². The summed E-state index contributed by atoms with van der Waals surface area (Å²) >= 11 is 1.13. The number of aromatic nitrogens is 3. The Morgan fingerprint density at radius 2 is 1.75 bits per heavy atom. The molecule has 1 heterocycles. The monoisotopic (exact) mass is 350 g/mol. The van der Waals surface area contributed by atoms with Gasteiger partial charge in [0.1, 0.15) is 0 Å². The van der Waals surface area contributed by atoms with Crippen molar-refractivity contribution < 1.29 is 14.3 Å². The fourth-order valence-electron chi connectivity index (χ4n) is 1.81. The first-order chi connectivity index (χ1) is 11.4. The summed E-state index contributed by atoms with van der Waals surface area (Å²) in [4.78, 5) is 23.9. The highest BCUT2D eigenvalue weighted by Crippen LogP contribution is 2.30. The smallest absolute Gasteiger partial charge is 0.237 e. The summed E-state index contributed by atoms with van der Waals surface area (Å²) in [7, 11) is 3.07. The van der Waals surface area contributed by atoms with Crippen molar-refractivity contribution in [3.05, 3.63) is 18.2 Å². The number of nitrogens with zero attached hydrogens (tertiary/aromatic N) is 3. The fraction of sp³-hybridized carbons (Fsp3) is 0.286. The van der Waals surface area contributed by atoms with E-state index >= 15 is 0 Å². The van der Waals surface area contributed by atoms with Gasteiger partial charge in [0.05, 0.1) is 19.5 Å². The predicted octanol–water partition coefficient (Wildman–Crippen LogP) is 1.17. The first kappa shape index (κ1) is 17.6. The Hall–Kier alpha value is -2.75. The van der Waals surface area contributed by atoms with Crippen molar-refractivity contribution in [2.24, 2.45) is 0 Å². The highest BCUT2D eigenvalue weighted by Gasteiger charge is 2.18. The van der Waals surface area contributed by atoms with E-state index in [1.54, 1.807) is 32.2 Å². The van der Waals surface area contributed by atoms with Crippen LogP contribution in [0.5, 0.6) is 11.5 Å². The normalized spacial score (nSPS) is 11.6. The molecule has 1 aromatic heterocycles. The number of benzene rings is 1. The number of nitrogens with two attached hydrogens (primary N) is 2. The van der Waals surface area contributed by atoms with E-state index < -0.39 is 5.25 Å². The van der Waals surface area contributed by atoms with Crippen molar-refractivity contribution in [3.63, 3.8) is 0 Å². The molecule has 0 radical (unpaired) electrons. The van der Waals surface area contributed by atoms with Crippen LogP contribution in [-0.2, 0) is 4.79 Å². The molecule has 0 unspecified atom stereocenters. The molecule has 1 aromatic carbocycles. The number of carbonyl (C=O) groups excluding carboxylic acids is 1. The summed E-state index contributed by atoms with van der Waals surface area (Å²) in [6.45, 7) is 1.72. The molecule has 9 nitrogen and oxygen atoms in total. The van der Waals surface area contributed by atoms with Crippen molar-refractivity contribution in [1.82, 2.24) is 15.0 Å². The molecule has 0 fully saturated rings. The number of nitrogens with one attached hydrogen (secondary N) is 1. The summed E-state index contributed by atoms with van der Waals surface area (Å²) < 4.78 is 10.4. The van der Waals surface area contributed by atoms with E-state index in [9.17, 15) is 4.79 Å². The first-order valence-corrected chi connectivity index (χ1v) is 7.77. The molecule has 0 saturated carbocycles. The summed E-state index contributed by atoms with van der Waals surface area (Å²) in [6, 6.07) is 5.10. The van der Waals surface area contributed by atoms with Gasteiger partial charge in [0, 0.05) is 11.8 Å². The summed E-state index contributed by atoms with van der Waals surface area (Å²) in [5, 5.41) is 2.60. The maximum absolute atomic E-state index is 12.3. The van der Waals surface area contributed by atoms with Crippen LogP contribution in [0, 0.1) is 0 Å². The van der Waals surface area contributed by atoms with Crippen LogP contribution in [0.1, 0.15) is 6.92 Å². The molecule has 0 spiro atoms. The molecular weight excluding hydrogens is 332 g/mol. The Kier molecular flexibility index (Phi) is 5.64. The van der Waals surface area contributed by atoms with Gasteiger partial charge in [0.2, 0.25) is 17.8 Å². The maximum atomic E-state index is 12.3. The minimum atomic E-state index is -0.473. The van der Waals surface area contributed by atoms with E-state index in [1.165, 1.54) is 7.11 Å². The summed E-state index contributed by atoms with van der Waals surface area (Å²) in [5.74, 6) is 0.891. The molecule has 2 aromatic rings. The van der Waals surface area contributed by atoms with Crippen LogP contribution in [0.4, 0.5) is 17.6 Å². The second kappa shape index (κ2) is 7.68. The van der Waals surface area contributed by atoms with Crippen LogP contribution >= 0.6 is 11.8 Å². The van der Waals surface area contributed by atoms with Crippen molar-refractivity contribution in [2.45, 2.75) is 17.3 Å². The topological polar surface area (TPSA) is 138 Å². The van der Waals surface area contributed by atoms with E-state index in [0.29, 0.717) is 17.2 Å². The number of rotatable bonds is 6. The quantitative estimate of drug-likeness (QED) is 0.655. The fourth-order valence-corrected chi connectivity index (χ4v) is 2.59. The standard InChI is InChI=1S/C14H18N6O3S/c1-7(24-14-19-12(15)18-13(16)20-14)11(21)17-8-4-5-9(22-2)10(6-8)23-3/h4-7H,1-3H3,(H,17,21)(H4,15,16,18,19,20)/t7-/m0/s1. The maximum Gasteiger partial charge on any atom is 0.237 e. The number of hydrogen-bond acceptors (Lipinski definition) is 9. The van der Waals surface area contributed by atoms with E-state index in [2.05, 4.69) is 20.3 Å². The van der Waals surface area contributed by atoms with E-state index in [-0.39, 0.29) is 23.0 Å². The van der Waals surface area contributed by atoms with Crippen molar-refractivity contribution in [1.29, 1.82) is 0 Å². The van der Waals surface area contributed by atoms with Crippen LogP contribution in [0.15, 0.2) is 23.4 Å². The Bertz CT molecular complexity index is 722. The lowest BCUT2D eigenvalue weighted by atomic mass is 10.2. The number of carbonyl (C=O) groups is 1. The number of ether oxygens (including phenoxy) is 2. The molecule has 2 rings (SSSR count). The molecular formula is C14H18N6O3S. The second-order valence-corrected chi connectivity index (χ2v) is 5.96. The Morgan fingerprint density at radius 1 is 1.12 bits per heavy atom. The molecule has 1 atom stereocenters. The molecule has 10 heteroatoms. The Balaban J connectivity index is 2.06. The second-order valence-electron chi connectivity index (χ2n) is 4.65. The zero-order valence-electron chi connectivity index (χ0n) is 13.4. The number of thioether (sulfide) groups is 1. The number of nitrogen functional groups attached to an aromatic ring is 2. The molecule has 0 aliphatic carbocycles. The third kappa shape index (κ3) is 4.38. The molecule has 0 aliphatic rings. The number of amides is 1. The van der Waals surface area contributed by atoms with E-state index in [4.69, 9.17) is 20.9 Å². The lowest BCUT2D eigenvalue weighted by Crippen LogP contribution is -2.23. The van der Waals surface area contributed by atoms with E-state index in [1.807, 2.05) is 0 Å². The van der Waals surface area contributed by atoms with Gasteiger partial charge in [-0.1, -0.05) is 11.8 Å². The molecule has 128 valence electrons. The SMILES string of the molecule is COc1ccc(NC(=O)[C@H](C)Sc2nc(N)nc(N)n2)cc1OC. The predicted molar refractivity (Wildman–Crippen MR) is 92.1 cm³/mol. The Morgan fingerprint density at radius 3 is 2.33 bits per heavy atom. The third-order valence-corrected chi connectivity index (χ3v) is 3.91. The largest absolute Gasteiger partial charge is 0.493 e. The van der Waals surface area contributed by atoms with Gasteiger partial charge in [-0.2, -0.15) is 15.0 Å². The van der Waals surface area contributed by atoms with E-state index in [0.717, 1.165) is 11.8 Å². The van der Waals surface area contributed by atoms with Crippen molar-refractivity contribution in [2.75, 3.05) is 31.0 Å². The highest BCUT2D eigenvalue weighted by atomic mass is 32.2. The van der Waals surface area contributed by atoms with Gasteiger partial charge in [-0.15, -0.1) is 0 Å². The molecule has 0 bridgehead atoms. The van der Waals surface area contributed by atoms with Gasteiger partial charge in [-0.3, -0.25) is 4.79 Å². The highest BCUT2D eigenvalue weighted by molar-refractivity contribution is 8.00. The van der Waals surface area contributed by atoms with Gasteiger partial charge in [-0.05, 0) is 19.1 Å². The van der Waals surface area contributed by atoms with Crippen LogP contribution < -0.4 is 26.3 Å². The van der Waals surface area contributed by atoms with Gasteiger partial charge >= 0.3 is 0 Å². The van der Waals surface area contributed by atoms with Crippen molar-refractivity contribution >= 4 is 35.3 Å². The van der Waals surface area contributed by atoms with Gasteiger partial charge in [0.25, 0.3) is 0 Å². The minimum absolute atomic E-state index is 0.0116. The molecule has 1 amide bonds. The average Bonchev–Trinajstić information content (AvgIpc) is 2.53. The minimum Gasteiger partial charge on any atom is -0.493 e. The number of hydrogen-bond donors (Lipinski definition) is 3. The van der Waals surface area contributed by atoms with Crippen LogP contribution in [0.3, 0.4) is 0 Å².